The average Bonchev–Trinajstić information content (AvgIpc) is 2.78. The molecule has 3 N–H and O–H groups in total. The predicted molar refractivity (Wildman–Crippen MR) is 123 cm³/mol. The molecule has 0 saturated carbocycles. The molecule has 1 aliphatic heterocycles. The molecule has 1 heterocycles. The van der Waals surface area contributed by atoms with Crippen LogP contribution in [0.4, 0.5) is 4.39 Å². The third-order valence-electron chi connectivity index (χ3n) is 5.50. The van der Waals surface area contributed by atoms with Crippen molar-refractivity contribution in [2.24, 2.45) is 0 Å². The van der Waals surface area contributed by atoms with Crippen molar-refractivity contribution in [1.82, 2.24) is 5.32 Å². The van der Waals surface area contributed by atoms with Gasteiger partial charge in [0.2, 0.25) is 5.91 Å². The summed E-state index contributed by atoms with van der Waals surface area (Å²) < 4.78 is 13.6. The van der Waals surface area contributed by atoms with E-state index in [0.717, 1.165) is 21.6 Å². The molecule has 1 fully saturated rings. The molecule has 4 rings (SSSR count). The largest absolute Gasteiger partial charge is 0.508 e. The Morgan fingerprint density at radius 1 is 1.00 bits per heavy atom. The highest BCUT2D eigenvalue weighted by molar-refractivity contribution is 8.00. The van der Waals surface area contributed by atoms with E-state index in [-0.39, 0.29) is 17.5 Å². The van der Waals surface area contributed by atoms with E-state index < -0.39 is 16.9 Å². The second-order valence-electron chi connectivity index (χ2n) is 7.35. The number of thioether (sulfide) groups is 2. The van der Waals surface area contributed by atoms with Gasteiger partial charge in [0, 0.05) is 10.6 Å². The second-order valence-corrected chi connectivity index (χ2v) is 9.37. The first-order valence-corrected chi connectivity index (χ1v) is 12.0. The number of carbonyl (C=O) groups excluding carboxylic acids is 1. The number of rotatable bonds is 7. The van der Waals surface area contributed by atoms with Gasteiger partial charge < -0.3 is 15.5 Å². The minimum atomic E-state index is -0.869. The number of phenols is 1. The molecule has 31 heavy (non-hydrogen) atoms. The predicted octanol–water partition coefficient (Wildman–Crippen LogP) is 4.46. The van der Waals surface area contributed by atoms with Crippen LogP contribution in [0.5, 0.6) is 5.75 Å². The summed E-state index contributed by atoms with van der Waals surface area (Å²) in [5.41, 5.74) is 1.45. The number of benzene rings is 3. The van der Waals surface area contributed by atoms with Gasteiger partial charge in [-0.25, -0.2) is 4.39 Å². The van der Waals surface area contributed by atoms with Crippen LogP contribution in [0.15, 0.2) is 77.7 Å². The maximum absolute atomic E-state index is 13.6. The maximum Gasteiger partial charge on any atom is 0.237 e. The number of hydrogen-bond acceptors (Lipinski definition) is 5. The Hall–Kier alpha value is -2.48. The van der Waals surface area contributed by atoms with Gasteiger partial charge in [0.1, 0.15) is 22.4 Å². The summed E-state index contributed by atoms with van der Waals surface area (Å²) in [5.74, 6) is -0.0505. The summed E-state index contributed by atoms with van der Waals surface area (Å²) in [6.07, 6.45) is 1.27. The van der Waals surface area contributed by atoms with E-state index in [1.54, 1.807) is 48.2 Å². The van der Waals surface area contributed by atoms with Crippen molar-refractivity contribution in [2.75, 3.05) is 12.0 Å². The summed E-state index contributed by atoms with van der Waals surface area (Å²) in [7, 11) is 0. The van der Waals surface area contributed by atoms with E-state index in [1.807, 2.05) is 30.5 Å². The number of phenolic OH excluding ortho intramolecular Hbond substituents is 1. The summed E-state index contributed by atoms with van der Waals surface area (Å²) in [4.78, 5) is 13.7. The van der Waals surface area contributed by atoms with Gasteiger partial charge in [-0.15, -0.1) is 23.5 Å². The number of amides is 1. The zero-order chi connectivity index (χ0) is 22.0. The smallest absolute Gasteiger partial charge is 0.237 e. The van der Waals surface area contributed by atoms with E-state index in [0.29, 0.717) is 5.75 Å². The molecule has 160 valence electrons. The minimum absolute atomic E-state index is 0.122. The first-order chi connectivity index (χ1) is 14.9. The molecule has 0 radical (unpaired) electrons. The van der Waals surface area contributed by atoms with Crippen LogP contribution in [0.25, 0.3) is 0 Å². The van der Waals surface area contributed by atoms with Crippen LogP contribution in [0, 0.1) is 5.82 Å². The van der Waals surface area contributed by atoms with Crippen molar-refractivity contribution in [3.63, 3.8) is 0 Å². The Morgan fingerprint density at radius 3 is 2.13 bits per heavy atom. The number of carbonyl (C=O) groups is 1. The van der Waals surface area contributed by atoms with Gasteiger partial charge in [-0.05, 0) is 59.3 Å². The molecular weight excluding hydrogens is 433 g/mol. The highest BCUT2D eigenvalue weighted by atomic mass is 32.2. The molecule has 1 amide bonds. The van der Waals surface area contributed by atoms with E-state index in [4.69, 9.17) is 0 Å². The van der Waals surface area contributed by atoms with Crippen LogP contribution in [-0.2, 0) is 10.3 Å². The summed E-state index contributed by atoms with van der Waals surface area (Å²) in [6, 6.07) is 20.4. The molecule has 1 saturated heterocycles. The molecule has 1 aliphatic rings. The van der Waals surface area contributed by atoms with Crippen LogP contribution in [0.1, 0.15) is 22.8 Å². The lowest BCUT2D eigenvalue weighted by Crippen LogP contribution is -2.69. The third-order valence-corrected chi connectivity index (χ3v) is 7.65. The van der Waals surface area contributed by atoms with Crippen molar-refractivity contribution >= 4 is 29.4 Å². The Labute approximate surface area is 188 Å². The Bertz CT molecular complexity index is 1010. The standard InChI is InChI=1S/C24H22FNO3S2/c1-30-20-12-2-15(3-13-20)21(28)14-31-22-23(29)26-24(22,16-4-8-18(25)9-5-16)17-6-10-19(27)11-7-17/h2-13,21-22,27-28H,14H2,1H3,(H,26,29)/t21?,22-,24-/m0/s1. The first kappa shape index (κ1) is 21.7. The van der Waals surface area contributed by atoms with Gasteiger partial charge in [0.15, 0.2) is 0 Å². The molecule has 7 heteroatoms. The molecule has 4 nitrogen and oxygen atoms in total. The first-order valence-electron chi connectivity index (χ1n) is 9.75. The molecule has 3 aromatic rings. The Kier molecular flexibility index (Phi) is 6.27. The third kappa shape index (κ3) is 4.18. The van der Waals surface area contributed by atoms with Crippen LogP contribution >= 0.6 is 23.5 Å². The number of β-lactam (4-membered cyclic amide) rings is 1. The summed E-state index contributed by atoms with van der Waals surface area (Å²) >= 11 is 3.00. The van der Waals surface area contributed by atoms with Gasteiger partial charge >= 0.3 is 0 Å². The van der Waals surface area contributed by atoms with Crippen molar-refractivity contribution in [3.8, 4) is 5.75 Å². The molecule has 0 spiro atoms. The molecule has 0 bridgehead atoms. The van der Waals surface area contributed by atoms with Gasteiger partial charge in [0.05, 0.1) is 6.10 Å². The summed E-state index contributed by atoms with van der Waals surface area (Å²) in [5, 5.41) is 22.9. The highest BCUT2D eigenvalue weighted by Crippen LogP contribution is 2.46. The van der Waals surface area contributed by atoms with E-state index >= 15 is 0 Å². The second kappa shape index (κ2) is 8.94. The van der Waals surface area contributed by atoms with Gasteiger partial charge in [-0.3, -0.25) is 4.79 Å². The average molecular weight is 456 g/mol. The fourth-order valence-electron chi connectivity index (χ4n) is 3.81. The molecule has 1 unspecified atom stereocenters. The Balaban J connectivity index is 1.61. The van der Waals surface area contributed by atoms with Gasteiger partial charge in [-0.2, -0.15) is 0 Å². The van der Waals surface area contributed by atoms with Gasteiger partial charge in [0.25, 0.3) is 0 Å². The number of aliphatic hydroxyl groups is 1. The molecule has 0 aliphatic carbocycles. The lowest BCUT2D eigenvalue weighted by atomic mass is 9.74. The number of hydrogen-bond donors (Lipinski definition) is 3. The lowest BCUT2D eigenvalue weighted by Gasteiger charge is -2.50. The van der Waals surface area contributed by atoms with Crippen LogP contribution in [0.3, 0.4) is 0 Å². The van der Waals surface area contributed by atoms with E-state index in [9.17, 15) is 19.4 Å². The van der Waals surface area contributed by atoms with Crippen LogP contribution in [0.2, 0.25) is 0 Å². The number of aromatic hydroxyl groups is 1. The zero-order valence-corrected chi connectivity index (χ0v) is 18.4. The van der Waals surface area contributed by atoms with Crippen LogP contribution in [-0.4, -0.2) is 33.4 Å². The maximum atomic E-state index is 13.6. The normalized spacial score (nSPS) is 21.3. The Morgan fingerprint density at radius 2 is 1.58 bits per heavy atom. The monoisotopic (exact) mass is 455 g/mol. The molecular formula is C24H22FNO3S2. The van der Waals surface area contributed by atoms with Crippen molar-refractivity contribution in [1.29, 1.82) is 0 Å². The summed E-state index contributed by atoms with van der Waals surface area (Å²) in [6.45, 7) is 0. The SMILES string of the molecule is CSc1ccc(C(O)CS[C@H]2C(=O)N[C@]2(c2ccc(O)cc2)c2ccc(F)cc2)cc1. The minimum Gasteiger partial charge on any atom is -0.508 e. The lowest BCUT2D eigenvalue weighted by molar-refractivity contribution is -0.130. The zero-order valence-electron chi connectivity index (χ0n) is 16.8. The molecule has 3 aromatic carbocycles. The fraction of sp³-hybridized carbons (Fsp3) is 0.208. The van der Waals surface area contributed by atoms with E-state index in [1.165, 1.54) is 23.9 Å². The number of halogens is 1. The van der Waals surface area contributed by atoms with Gasteiger partial charge in [-0.1, -0.05) is 36.4 Å². The van der Waals surface area contributed by atoms with Crippen molar-refractivity contribution < 1.29 is 19.4 Å². The number of aliphatic hydroxyl groups excluding tert-OH is 1. The van der Waals surface area contributed by atoms with E-state index in [2.05, 4.69) is 5.32 Å². The van der Waals surface area contributed by atoms with Crippen molar-refractivity contribution in [2.45, 2.75) is 21.8 Å². The van der Waals surface area contributed by atoms with Crippen LogP contribution < -0.4 is 5.32 Å². The fourth-order valence-corrected chi connectivity index (χ4v) is 5.57. The van der Waals surface area contributed by atoms with Crippen molar-refractivity contribution in [3.05, 3.63) is 95.3 Å². The highest BCUT2D eigenvalue weighted by Gasteiger charge is 2.56. The number of nitrogens with one attached hydrogen (secondary N) is 1. The molecule has 0 aromatic heterocycles. The quantitative estimate of drug-likeness (QED) is 0.362. The topological polar surface area (TPSA) is 69.6 Å². The molecule has 3 atom stereocenters.